The van der Waals surface area contributed by atoms with Gasteiger partial charge in [0.2, 0.25) is 0 Å². The third-order valence-corrected chi connectivity index (χ3v) is 3.78. The van der Waals surface area contributed by atoms with Gasteiger partial charge in [-0.15, -0.1) is 0 Å². The second kappa shape index (κ2) is 7.59. The quantitative estimate of drug-likeness (QED) is 0.624. The zero-order chi connectivity index (χ0) is 17.7. The van der Waals surface area contributed by atoms with E-state index in [0.717, 1.165) is 5.56 Å². The summed E-state index contributed by atoms with van der Waals surface area (Å²) in [6, 6.07) is 11.0. The zero-order valence-electron chi connectivity index (χ0n) is 13.8. The molecule has 24 heavy (non-hydrogen) atoms. The number of phenols is 1. The van der Waals surface area contributed by atoms with Gasteiger partial charge in [0.25, 0.3) is 0 Å². The monoisotopic (exact) mass is 325 g/mol. The van der Waals surface area contributed by atoms with E-state index < -0.39 is 0 Å². The Labute approximate surface area is 141 Å². The molecule has 4 heteroatoms. The van der Waals surface area contributed by atoms with Crippen LogP contribution in [0, 0.1) is 12.7 Å². The third kappa shape index (κ3) is 4.10. The molecule has 0 atom stereocenters. The van der Waals surface area contributed by atoms with Crippen molar-refractivity contribution < 1.29 is 14.3 Å². The van der Waals surface area contributed by atoms with Crippen LogP contribution in [0.4, 0.5) is 4.39 Å². The highest BCUT2D eigenvalue weighted by Crippen LogP contribution is 2.18. The van der Waals surface area contributed by atoms with E-state index >= 15 is 0 Å². The number of halogens is 1. The summed E-state index contributed by atoms with van der Waals surface area (Å²) in [7, 11) is 0. The van der Waals surface area contributed by atoms with Crippen molar-refractivity contribution in [1.29, 1.82) is 0 Å². The average Bonchev–Trinajstić information content (AvgIpc) is 2.57. The number of carbonyl (C=O) groups is 1. The van der Waals surface area contributed by atoms with Crippen molar-refractivity contribution in [3.05, 3.63) is 89.5 Å². The van der Waals surface area contributed by atoms with Gasteiger partial charge in [-0.3, -0.25) is 4.79 Å². The van der Waals surface area contributed by atoms with Crippen LogP contribution in [-0.4, -0.2) is 15.8 Å². The van der Waals surface area contributed by atoms with Crippen LogP contribution in [0.2, 0.25) is 0 Å². The molecule has 0 saturated heterocycles. The first kappa shape index (κ1) is 17.5. The van der Waals surface area contributed by atoms with E-state index in [1.54, 1.807) is 42.4 Å². The molecule has 0 amide bonds. The number of carbonyl (C=O) groups excluding carboxylic acids is 1. The molecule has 1 N–H and O–H groups in total. The lowest BCUT2D eigenvalue weighted by Gasteiger charge is -2.18. The highest BCUT2D eigenvalue weighted by molar-refractivity contribution is 6.08. The van der Waals surface area contributed by atoms with E-state index in [1.165, 1.54) is 18.2 Å². The topological polar surface area (TPSA) is 40.5 Å². The molecule has 2 rings (SSSR count). The number of ketones is 1. The molecule has 2 aromatic rings. The standard InChI is InChI=1S/C20H20FNO2/c1-4-22(13-18-14(2)6-5-7-19(18)21)12-15(3)20(24)16-8-10-17(23)11-9-16/h4-12,23H,1,13H2,2-3H3/b15-12+. The number of benzene rings is 2. The van der Waals surface area contributed by atoms with Crippen molar-refractivity contribution in [2.24, 2.45) is 0 Å². The number of hydrogen-bond acceptors (Lipinski definition) is 3. The molecule has 2 aromatic carbocycles. The van der Waals surface area contributed by atoms with Crippen molar-refractivity contribution in [1.82, 2.24) is 4.90 Å². The van der Waals surface area contributed by atoms with Crippen LogP contribution in [0.5, 0.6) is 5.75 Å². The van der Waals surface area contributed by atoms with Gasteiger partial charge < -0.3 is 10.0 Å². The lowest BCUT2D eigenvalue weighted by Crippen LogP contribution is -2.14. The number of rotatable bonds is 6. The fourth-order valence-corrected chi connectivity index (χ4v) is 2.36. The van der Waals surface area contributed by atoms with Crippen LogP contribution in [0.1, 0.15) is 28.4 Å². The molecule has 3 nitrogen and oxygen atoms in total. The molecule has 0 saturated carbocycles. The molecule has 0 aliphatic carbocycles. The van der Waals surface area contributed by atoms with Crippen LogP contribution in [0.25, 0.3) is 0 Å². The molecule has 0 fully saturated rings. The fraction of sp³-hybridized carbons (Fsp3) is 0.150. The van der Waals surface area contributed by atoms with Crippen molar-refractivity contribution in [3.63, 3.8) is 0 Å². The summed E-state index contributed by atoms with van der Waals surface area (Å²) in [6.45, 7) is 7.56. The maximum atomic E-state index is 14.0. The van der Waals surface area contributed by atoms with Crippen molar-refractivity contribution in [3.8, 4) is 5.75 Å². The lowest BCUT2D eigenvalue weighted by molar-refractivity contribution is 0.103. The molecule has 0 aliphatic heterocycles. The molecule has 0 aromatic heterocycles. The normalized spacial score (nSPS) is 11.2. The van der Waals surface area contributed by atoms with Gasteiger partial charge in [-0.1, -0.05) is 18.7 Å². The predicted molar refractivity (Wildman–Crippen MR) is 93.1 cm³/mol. The Morgan fingerprint density at radius 2 is 1.92 bits per heavy atom. The SMILES string of the molecule is C=CN(/C=C(\C)C(=O)c1ccc(O)cc1)Cc1c(C)cccc1F. The zero-order valence-corrected chi connectivity index (χ0v) is 13.8. The summed E-state index contributed by atoms with van der Waals surface area (Å²) in [5.41, 5.74) is 2.39. The van der Waals surface area contributed by atoms with Crippen LogP contribution < -0.4 is 0 Å². The Bertz CT molecular complexity index is 758. The van der Waals surface area contributed by atoms with E-state index in [-0.39, 0.29) is 17.3 Å². The Balaban J connectivity index is 2.21. The highest BCUT2D eigenvalue weighted by Gasteiger charge is 2.11. The summed E-state index contributed by atoms with van der Waals surface area (Å²) in [5.74, 6) is -0.333. The van der Waals surface area contributed by atoms with Gasteiger partial charge in [0, 0.05) is 22.9 Å². The average molecular weight is 325 g/mol. The van der Waals surface area contributed by atoms with E-state index in [1.807, 2.05) is 13.0 Å². The summed E-state index contributed by atoms with van der Waals surface area (Å²) in [4.78, 5) is 14.1. The van der Waals surface area contributed by atoms with E-state index in [2.05, 4.69) is 6.58 Å². The van der Waals surface area contributed by atoms with Crippen molar-refractivity contribution in [2.45, 2.75) is 20.4 Å². The minimum Gasteiger partial charge on any atom is -0.508 e. The predicted octanol–water partition coefficient (Wildman–Crippen LogP) is 4.57. The summed E-state index contributed by atoms with van der Waals surface area (Å²) in [5, 5.41) is 9.29. The summed E-state index contributed by atoms with van der Waals surface area (Å²) >= 11 is 0. The number of Topliss-reactive ketones (excluding diaryl/α,β-unsaturated/α-hetero) is 1. The molecule has 0 radical (unpaired) electrons. The maximum Gasteiger partial charge on any atom is 0.190 e. The largest absolute Gasteiger partial charge is 0.508 e. The van der Waals surface area contributed by atoms with Crippen molar-refractivity contribution in [2.75, 3.05) is 0 Å². The first-order chi connectivity index (χ1) is 11.4. The Morgan fingerprint density at radius 3 is 2.50 bits per heavy atom. The van der Waals surface area contributed by atoms with Crippen LogP contribution in [0.15, 0.2) is 67.0 Å². The van der Waals surface area contributed by atoms with Gasteiger partial charge in [0.15, 0.2) is 5.78 Å². The van der Waals surface area contributed by atoms with Gasteiger partial charge in [-0.25, -0.2) is 4.39 Å². The first-order valence-electron chi connectivity index (χ1n) is 7.57. The van der Waals surface area contributed by atoms with Crippen LogP contribution >= 0.6 is 0 Å². The van der Waals surface area contributed by atoms with Crippen molar-refractivity contribution >= 4 is 5.78 Å². The number of nitrogens with zero attached hydrogens (tertiary/aromatic N) is 1. The summed E-state index contributed by atoms with van der Waals surface area (Å²) in [6.07, 6.45) is 3.20. The number of hydrogen-bond donors (Lipinski definition) is 1. The molecule has 0 bridgehead atoms. The third-order valence-electron chi connectivity index (χ3n) is 3.78. The summed E-state index contributed by atoms with van der Waals surface area (Å²) < 4.78 is 14.0. The Hall–Kier alpha value is -2.88. The van der Waals surface area contributed by atoms with E-state index in [0.29, 0.717) is 23.2 Å². The Morgan fingerprint density at radius 1 is 1.25 bits per heavy atom. The minimum atomic E-state index is -0.280. The van der Waals surface area contributed by atoms with Gasteiger partial charge >= 0.3 is 0 Å². The maximum absolute atomic E-state index is 14.0. The second-order valence-corrected chi connectivity index (χ2v) is 5.58. The minimum absolute atomic E-state index is 0.107. The molecule has 124 valence electrons. The Kier molecular flexibility index (Phi) is 5.53. The molecular weight excluding hydrogens is 305 g/mol. The smallest absolute Gasteiger partial charge is 0.190 e. The molecular formula is C20H20FNO2. The number of aromatic hydroxyl groups is 1. The van der Waals surface area contributed by atoms with Gasteiger partial charge in [-0.05, 0) is 55.9 Å². The molecule has 0 aliphatic rings. The highest BCUT2D eigenvalue weighted by atomic mass is 19.1. The molecule has 0 spiro atoms. The lowest BCUT2D eigenvalue weighted by atomic mass is 10.0. The van der Waals surface area contributed by atoms with Gasteiger partial charge in [-0.2, -0.15) is 0 Å². The number of aryl methyl sites for hydroxylation is 1. The van der Waals surface area contributed by atoms with Gasteiger partial charge in [0.1, 0.15) is 11.6 Å². The van der Waals surface area contributed by atoms with Crippen LogP contribution in [0.3, 0.4) is 0 Å². The van der Waals surface area contributed by atoms with E-state index in [9.17, 15) is 14.3 Å². The first-order valence-corrected chi connectivity index (χ1v) is 7.57. The molecule has 0 unspecified atom stereocenters. The number of allylic oxidation sites excluding steroid dienone is 1. The number of phenolic OH excluding ortho intramolecular Hbond substituents is 1. The van der Waals surface area contributed by atoms with Crippen LogP contribution in [-0.2, 0) is 6.54 Å². The fourth-order valence-electron chi connectivity index (χ4n) is 2.36. The van der Waals surface area contributed by atoms with E-state index in [4.69, 9.17) is 0 Å². The van der Waals surface area contributed by atoms with Gasteiger partial charge in [0.05, 0.1) is 6.54 Å². The second-order valence-electron chi connectivity index (χ2n) is 5.58. The molecule has 0 heterocycles.